The molecule has 1 fully saturated rings. The maximum Gasteiger partial charge on any atom is 0.225 e. The van der Waals surface area contributed by atoms with Gasteiger partial charge in [0, 0.05) is 45.1 Å². The summed E-state index contributed by atoms with van der Waals surface area (Å²) in [5, 5.41) is 0. The second-order valence-electron chi connectivity index (χ2n) is 5.95. The summed E-state index contributed by atoms with van der Waals surface area (Å²) in [6.07, 6.45) is 5.72. The van der Waals surface area contributed by atoms with Gasteiger partial charge in [0.2, 0.25) is 5.95 Å². The van der Waals surface area contributed by atoms with Gasteiger partial charge in [0.05, 0.1) is 4.47 Å². The van der Waals surface area contributed by atoms with Crippen LogP contribution < -0.4 is 4.90 Å². The third kappa shape index (κ3) is 4.26. The number of benzene rings is 1. The van der Waals surface area contributed by atoms with Crippen LogP contribution in [-0.2, 0) is 6.54 Å². The lowest BCUT2D eigenvalue weighted by atomic mass is 10.0. The molecule has 122 valence electrons. The topological polar surface area (TPSA) is 32.3 Å². The summed E-state index contributed by atoms with van der Waals surface area (Å²) in [7, 11) is 2.06. The molecule has 6 heteroatoms. The van der Waals surface area contributed by atoms with Gasteiger partial charge in [-0.3, -0.25) is 4.90 Å². The van der Waals surface area contributed by atoms with Crippen LogP contribution >= 0.6 is 15.9 Å². The molecule has 0 saturated carbocycles. The van der Waals surface area contributed by atoms with Crippen LogP contribution in [0.3, 0.4) is 0 Å². The number of halogens is 2. The number of hydrogen-bond acceptors (Lipinski definition) is 4. The number of nitrogens with zero attached hydrogens (tertiary/aromatic N) is 4. The number of anilines is 1. The Hall–Kier alpha value is -1.53. The summed E-state index contributed by atoms with van der Waals surface area (Å²) >= 11 is 3.36. The highest BCUT2D eigenvalue weighted by Gasteiger charge is 2.23. The number of hydrogen-bond donors (Lipinski definition) is 0. The van der Waals surface area contributed by atoms with E-state index in [-0.39, 0.29) is 5.82 Å². The molecule has 4 nitrogen and oxygen atoms in total. The Morgan fingerprint density at radius 3 is 2.39 bits per heavy atom. The van der Waals surface area contributed by atoms with Gasteiger partial charge >= 0.3 is 0 Å². The number of piperidine rings is 1. The fourth-order valence-electron chi connectivity index (χ4n) is 2.96. The molecule has 1 aliphatic rings. The average Bonchev–Trinajstić information content (AvgIpc) is 2.58. The van der Waals surface area contributed by atoms with Gasteiger partial charge in [0.25, 0.3) is 0 Å². The van der Waals surface area contributed by atoms with E-state index in [1.807, 2.05) is 12.1 Å². The monoisotopic (exact) mass is 378 g/mol. The van der Waals surface area contributed by atoms with Crippen LogP contribution in [0.15, 0.2) is 41.1 Å². The zero-order chi connectivity index (χ0) is 16.2. The molecular formula is C17H20BrFN4. The van der Waals surface area contributed by atoms with Gasteiger partial charge in [0.15, 0.2) is 0 Å². The summed E-state index contributed by atoms with van der Waals surface area (Å²) in [6.45, 7) is 2.94. The van der Waals surface area contributed by atoms with Crippen molar-refractivity contribution in [2.24, 2.45) is 0 Å². The Balaban J connectivity index is 1.53. The molecule has 0 spiro atoms. The molecule has 1 aromatic heterocycles. The molecule has 0 bridgehead atoms. The smallest absolute Gasteiger partial charge is 0.225 e. The molecule has 0 unspecified atom stereocenters. The molecule has 0 atom stereocenters. The normalized spacial score (nSPS) is 16.5. The van der Waals surface area contributed by atoms with Crippen molar-refractivity contribution < 1.29 is 4.39 Å². The summed E-state index contributed by atoms with van der Waals surface area (Å²) in [6, 6.07) is 7.24. The standard InChI is InChI=1S/C17H20BrFN4/c1-22(17-20-10-14(18)11-21-17)16-6-8-23(9-7-16)12-13-2-4-15(19)5-3-13/h2-5,10-11,16H,6-9,12H2,1H3. The van der Waals surface area contributed by atoms with E-state index in [0.717, 1.165) is 48.5 Å². The highest BCUT2D eigenvalue weighted by molar-refractivity contribution is 9.10. The Kier molecular flexibility index (Phi) is 5.23. The fourth-order valence-corrected chi connectivity index (χ4v) is 3.17. The first kappa shape index (κ1) is 16.3. The van der Waals surface area contributed by atoms with Gasteiger partial charge in [0.1, 0.15) is 5.82 Å². The van der Waals surface area contributed by atoms with Crippen molar-refractivity contribution in [3.05, 3.63) is 52.5 Å². The van der Waals surface area contributed by atoms with Gasteiger partial charge in [-0.25, -0.2) is 14.4 Å². The molecule has 0 N–H and O–H groups in total. The Labute approximate surface area is 144 Å². The second-order valence-corrected chi connectivity index (χ2v) is 6.86. The fraction of sp³-hybridized carbons (Fsp3) is 0.412. The van der Waals surface area contributed by atoms with Crippen molar-refractivity contribution in [3.63, 3.8) is 0 Å². The van der Waals surface area contributed by atoms with Crippen molar-refractivity contribution in [1.82, 2.24) is 14.9 Å². The molecule has 0 aliphatic carbocycles. The van der Waals surface area contributed by atoms with E-state index in [1.54, 1.807) is 12.4 Å². The summed E-state index contributed by atoms with van der Waals surface area (Å²) in [5.74, 6) is 0.591. The van der Waals surface area contributed by atoms with Gasteiger partial charge in [-0.2, -0.15) is 0 Å². The molecule has 0 amide bonds. The Bertz CT molecular complexity index is 624. The molecule has 2 aromatic rings. The third-order valence-electron chi connectivity index (χ3n) is 4.35. The molecule has 0 radical (unpaired) electrons. The minimum Gasteiger partial charge on any atom is -0.341 e. The number of rotatable bonds is 4. The predicted molar refractivity (Wildman–Crippen MR) is 92.8 cm³/mol. The maximum atomic E-state index is 13.0. The van der Waals surface area contributed by atoms with Crippen molar-refractivity contribution in [3.8, 4) is 0 Å². The van der Waals surface area contributed by atoms with Gasteiger partial charge in [-0.15, -0.1) is 0 Å². The Morgan fingerprint density at radius 1 is 1.17 bits per heavy atom. The quantitative estimate of drug-likeness (QED) is 0.814. The lowest BCUT2D eigenvalue weighted by molar-refractivity contribution is 0.203. The van der Waals surface area contributed by atoms with E-state index in [9.17, 15) is 4.39 Å². The summed E-state index contributed by atoms with van der Waals surface area (Å²) in [4.78, 5) is 13.3. The molecular weight excluding hydrogens is 359 g/mol. The molecule has 2 heterocycles. The van der Waals surface area contributed by atoms with Crippen LogP contribution in [0, 0.1) is 5.82 Å². The van der Waals surface area contributed by atoms with Crippen molar-refractivity contribution in [2.45, 2.75) is 25.4 Å². The first-order valence-electron chi connectivity index (χ1n) is 7.79. The number of likely N-dealkylation sites (tertiary alicyclic amines) is 1. The second kappa shape index (κ2) is 7.36. The van der Waals surface area contributed by atoms with Crippen molar-refractivity contribution in [2.75, 3.05) is 25.0 Å². The van der Waals surface area contributed by atoms with Crippen LogP contribution in [0.25, 0.3) is 0 Å². The SMILES string of the molecule is CN(c1ncc(Br)cn1)C1CCN(Cc2ccc(F)cc2)CC1. The average molecular weight is 379 g/mol. The predicted octanol–water partition coefficient (Wildman–Crippen LogP) is 3.48. The van der Waals surface area contributed by atoms with E-state index in [1.165, 1.54) is 12.1 Å². The van der Waals surface area contributed by atoms with Crippen LogP contribution in [0.4, 0.5) is 10.3 Å². The largest absolute Gasteiger partial charge is 0.341 e. The minimum absolute atomic E-state index is 0.177. The number of aromatic nitrogens is 2. The van der Waals surface area contributed by atoms with E-state index < -0.39 is 0 Å². The maximum absolute atomic E-state index is 13.0. The zero-order valence-corrected chi connectivity index (χ0v) is 14.7. The van der Waals surface area contributed by atoms with Crippen molar-refractivity contribution >= 4 is 21.9 Å². The molecule has 23 heavy (non-hydrogen) atoms. The van der Waals surface area contributed by atoms with E-state index in [0.29, 0.717) is 6.04 Å². The third-order valence-corrected chi connectivity index (χ3v) is 4.76. The van der Waals surface area contributed by atoms with Gasteiger partial charge < -0.3 is 4.90 Å². The van der Waals surface area contributed by atoms with Gasteiger partial charge in [-0.05, 0) is 46.5 Å². The molecule has 1 saturated heterocycles. The van der Waals surface area contributed by atoms with Crippen LogP contribution in [0.5, 0.6) is 0 Å². The minimum atomic E-state index is -0.177. The van der Waals surface area contributed by atoms with Crippen LogP contribution in [0.2, 0.25) is 0 Å². The van der Waals surface area contributed by atoms with E-state index >= 15 is 0 Å². The molecule has 1 aliphatic heterocycles. The van der Waals surface area contributed by atoms with Crippen LogP contribution in [0.1, 0.15) is 18.4 Å². The van der Waals surface area contributed by atoms with Gasteiger partial charge in [-0.1, -0.05) is 12.1 Å². The Morgan fingerprint density at radius 2 is 1.78 bits per heavy atom. The molecule has 3 rings (SSSR count). The van der Waals surface area contributed by atoms with E-state index in [4.69, 9.17) is 0 Å². The highest BCUT2D eigenvalue weighted by Crippen LogP contribution is 2.21. The first-order chi connectivity index (χ1) is 11.1. The first-order valence-corrected chi connectivity index (χ1v) is 8.58. The lowest BCUT2D eigenvalue weighted by Gasteiger charge is -2.36. The summed E-state index contributed by atoms with van der Waals surface area (Å²) in [5.41, 5.74) is 1.16. The van der Waals surface area contributed by atoms with E-state index in [2.05, 4.69) is 42.7 Å². The lowest BCUT2D eigenvalue weighted by Crippen LogP contribution is -2.43. The van der Waals surface area contributed by atoms with Crippen molar-refractivity contribution in [1.29, 1.82) is 0 Å². The zero-order valence-electron chi connectivity index (χ0n) is 13.1. The summed E-state index contributed by atoms with van der Waals surface area (Å²) < 4.78 is 13.8. The molecule has 1 aromatic carbocycles. The van der Waals surface area contributed by atoms with Crippen LogP contribution in [-0.4, -0.2) is 41.0 Å². The highest BCUT2D eigenvalue weighted by atomic mass is 79.9.